The maximum Gasteiger partial charge on any atom is 0.416 e. The number of nitro groups is 1. The molecule has 0 atom stereocenters. The number of carbonyl (C=O) groups excluding carboxylic acids is 1. The SMILES string of the molecule is C#CCNCC(=O)Nc1ccc(C(F)(F)F)cc1[N+](=O)[O-]. The van der Waals surface area contributed by atoms with Gasteiger partial charge in [-0.15, -0.1) is 6.42 Å². The third-order valence-corrected chi connectivity index (χ3v) is 2.31. The molecule has 0 aromatic heterocycles. The normalized spacial score (nSPS) is 10.8. The third kappa shape index (κ3) is 4.77. The van der Waals surface area contributed by atoms with Crippen molar-refractivity contribution in [1.82, 2.24) is 5.32 Å². The van der Waals surface area contributed by atoms with Crippen LogP contribution < -0.4 is 10.6 Å². The summed E-state index contributed by atoms with van der Waals surface area (Å²) in [6.07, 6.45) is 0.242. The van der Waals surface area contributed by atoms with E-state index in [1.807, 2.05) is 0 Å². The molecular weight excluding hydrogens is 291 g/mol. The molecule has 0 aliphatic rings. The number of nitro benzene ring substituents is 1. The second kappa shape index (κ2) is 6.71. The maximum absolute atomic E-state index is 12.5. The lowest BCUT2D eigenvalue weighted by Gasteiger charge is -2.10. The number of rotatable bonds is 5. The van der Waals surface area contributed by atoms with E-state index in [1.54, 1.807) is 0 Å². The van der Waals surface area contributed by atoms with Crippen LogP contribution in [0.15, 0.2) is 18.2 Å². The Morgan fingerprint density at radius 2 is 2.10 bits per heavy atom. The molecule has 0 aliphatic carbocycles. The highest BCUT2D eigenvalue weighted by atomic mass is 19.4. The van der Waals surface area contributed by atoms with Crippen LogP contribution >= 0.6 is 0 Å². The molecule has 0 bridgehead atoms. The van der Waals surface area contributed by atoms with E-state index in [2.05, 4.69) is 16.6 Å². The molecule has 0 saturated carbocycles. The van der Waals surface area contributed by atoms with E-state index >= 15 is 0 Å². The van der Waals surface area contributed by atoms with Gasteiger partial charge in [0.05, 0.1) is 23.6 Å². The molecule has 9 heteroatoms. The maximum atomic E-state index is 12.5. The van der Waals surface area contributed by atoms with Crippen molar-refractivity contribution in [3.05, 3.63) is 33.9 Å². The minimum Gasteiger partial charge on any atom is -0.319 e. The number of hydrogen-bond acceptors (Lipinski definition) is 4. The van der Waals surface area contributed by atoms with Crippen molar-refractivity contribution in [2.75, 3.05) is 18.4 Å². The predicted octanol–water partition coefficient (Wildman–Crippen LogP) is 1.77. The second-order valence-electron chi connectivity index (χ2n) is 3.84. The molecule has 1 aromatic rings. The summed E-state index contributed by atoms with van der Waals surface area (Å²) >= 11 is 0. The van der Waals surface area contributed by atoms with Gasteiger partial charge in [0, 0.05) is 6.07 Å². The quantitative estimate of drug-likeness (QED) is 0.376. The first-order valence-corrected chi connectivity index (χ1v) is 5.55. The summed E-state index contributed by atoms with van der Waals surface area (Å²) in [6.45, 7) is -0.106. The van der Waals surface area contributed by atoms with E-state index in [1.165, 1.54) is 0 Å². The molecule has 0 aliphatic heterocycles. The van der Waals surface area contributed by atoms with Gasteiger partial charge in [-0.2, -0.15) is 13.2 Å². The molecule has 0 unspecified atom stereocenters. The molecule has 0 spiro atoms. The molecule has 112 valence electrons. The number of terminal acetylenes is 1. The van der Waals surface area contributed by atoms with Crippen molar-refractivity contribution in [1.29, 1.82) is 0 Å². The molecule has 21 heavy (non-hydrogen) atoms. The lowest BCUT2D eigenvalue weighted by Crippen LogP contribution is -2.28. The Morgan fingerprint density at radius 1 is 1.43 bits per heavy atom. The number of anilines is 1. The van der Waals surface area contributed by atoms with Crippen LogP contribution in [0, 0.1) is 22.5 Å². The Balaban J connectivity index is 2.95. The van der Waals surface area contributed by atoms with Gasteiger partial charge in [-0.3, -0.25) is 20.2 Å². The van der Waals surface area contributed by atoms with Crippen LogP contribution in [0.4, 0.5) is 24.5 Å². The van der Waals surface area contributed by atoms with Crippen LogP contribution in [0.1, 0.15) is 5.56 Å². The minimum atomic E-state index is -4.71. The molecule has 0 heterocycles. The highest BCUT2D eigenvalue weighted by Crippen LogP contribution is 2.34. The molecule has 1 rings (SSSR count). The minimum absolute atomic E-state index is 0.114. The Bertz CT molecular complexity index is 594. The van der Waals surface area contributed by atoms with E-state index in [4.69, 9.17) is 6.42 Å². The zero-order valence-corrected chi connectivity index (χ0v) is 10.5. The molecule has 0 saturated heterocycles. The van der Waals surface area contributed by atoms with Gasteiger partial charge >= 0.3 is 6.18 Å². The number of nitrogens with one attached hydrogen (secondary N) is 2. The first-order chi connectivity index (χ1) is 9.75. The lowest BCUT2D eigenvalue weighted by atomic mass is 10.1. The fourth-order valence-electron chi connectivity index (χ4n) is 1.41. The Hall–Kier alpha value is -2.60. The van der Waals surface area contributed by atoms with Crippen LogP contribution in [0.25, 0.3) is 0 Å². The van der Waals surface area contributed by atoms with E-state index in [0.29, 0.717) is 12.1 Å². The van der Waals surface area contributed by atoms with E-state index in [0.717, 1.165) is 6.07 Å². The predicted molar refractivity (Wildman–Crippen MR) is 68.4 cm³/mol. The number of carbonyl (C=O) groups is 1. The van der Waals surface area contributed by atoms with Gasteiger partial charge in [-0.1, -0.05) is 5.92 Å². The average molecular weight is 301 g/mol. The smallest absolute Gasteiger partial charge is 0.319 e. The van der Waals surface area contributed by atoms with E-state index < -0.39 is 28.3 Å². The number of benzene rings is 1. The Labute approximate surface area is 117 Å². The van der Waals surface area contributed by atoms with Crippen molar-refractivity contribution >= 4 is 17.3 Å². The summed E-state index contributed by atoms with van der Waals surface area (Å²) in [5, 5.41) is 15.5. The number of alkyl halides is 3. The van der Waals surface area contributed by atoms with Crippen molar-refractivity contribution < 1.29 is 22.9 Å². The standard InChI is InChI=1S/C12H10F3N3O3/c1-2-5-16-7-11(19)17-9-4-3-8(12(13,14)15)6-10(9)18(20)21/h1,3-4,6,16H,5,7H2,(H,17,19). The van der Waals surface area contributed by atoms with Gasteiger partial charge in [-0.25, -0.2) is 0 Å². The van der Waals surface area contributed by atoms with E-state index in [-0.39, 0.29) is 18.8 Å². The van der Waals surface area contributed by atoms with Crippen LogP contribution in [0.2, 0.25) is 0 Å². The van der Waals surface area contributed by atoms with Crippen molar-refractivity contribution in [2.45, 2.75) is 6.18 Å². The number of halogens is 3. The van der Waals surface area contributed by atoms with Crippen LogP contribution in [0.3, 0.4) is 0 Å². The van der Waals surface area contributed by atoms with Gasteiger partial charge in [0.2, 0.25) is 5.91 Å². The summed E-state index contributed by atoms with van der Waals surface area (Å²) in [5.74, 6) is 1.56. The van der Waals surface area contributed by atoms with Crippen LogP contribution in [-0.4, -0.2) is 23.9 Å². The summed E-state index contributed by atoms with van der Waals surface area (Å²) in [7, 11) is 0. The van der Waals surface area contributed by atoms with Gasteiger partial charge in [-0.05, 0) is 12.1 Å². The summed E-state index contributed by atoms with van der Waals surface area (Å²) in [6, 6.07) is 1.85. The molecule has 2 N–H and O–H groups in total. The van der Waals surface area contributed by atoms with Crippen molar-refractivity contribution in [3.63, 3.8) is 0 Å². The summed E-state index contributed by atoms with van der Waals surface area (Å²) in [5.41, 5.74) is -2.33. The molecule has 0 fully saturated rings. The van der Waals surface area contributed by atoms with Crippen LogP contribution in [0.5, 0.6) is 0 Å². The third-order valence-electron chi connectivity index (χ3n) is 2.31. The molecule has 1 amide bonds. The Kier molecular flexibility index (Phi) is 5.26. The topological polar surface area (TPSA) is 84.3 Å². The van der Waals surface area contributed by atoms with Gasteiger partial charge in [0.15, 0.2) is 0 Å². The van der Waals surface area contributed by atoms with Gasteiger partial charge in [0.25, 0.3) is 5.69 Å². The second-order valence-corrected chi connectivity index (χ2v) is 3.84. The Morgan fingerprint density at radius 3 is 2.62 bits per heavy atom. The number of amides is 1. The highest BCUT2D eigenvalue weighted by molar-refractivity contribution is 5.94. The number of hydrogen-bond donors (Lipinski definition) is 2. The van der Waals surface area contributed by atoms with Crippen LogP contribution in [-0.2, 0) is 11.0 Å². The fraction of sp³-hybridized carbons (Fsp3) is 0.250. The average Bonchev–Trinajstić information content (AvgIpc) is 2.37. The molecule has 1 aromatic carbocycles. The molecule has 6 nitrogen and oxygen atoms in total. The van der Waals surface area contributed by atoms with Crippen molar-refractivity contribution in [2.24, 2.45) is 0 Å². The zero-order valence-electron chi connectivity index (χ0n) is 10.5. The first-order valence-electron chi connectivity index (χ1n) is 5.55. The molecular formula is C12H10F3N3O3. The lowest BCUT2D eigenvalue weighted by molar-refractivity contribution is -0.384. The monoisotopic (exact) mass is 301 g/mol. The number of nitrogens with zero attached hydrogens (tertiary/aromatic N) is 1. The van der Waals surface area contributed by atoms with E-state index in [9.17, 15) is 28.1 Å². The first kappa shape index (κ1) is 16.5. The largest absolute Gasteiger partial charge is 0.416 e. The van der Waals surface area contributed by atoms with Crippen molar-refractivity contribution in [3.8, 4) is 12.3 Å². The van der Waals surface area contributed by atoms with Gasteiger partial charge < -0.3 is 5.32 Å². The summed E-state index contributed by atoms with van der Waals surface area (Å²) < 4.78 is 37.5. The summed E-state index contributed by atoms with van der Waals surface area (Å²) in [4.78, 5) is 21.2. The fourth-order valence-corrected chi connectivity index (χ4v) is 1.41. The zero-order chi connectivity index (χ0) is 16.0. The van der Waals surface area contributed by atoms with Gasteiger partial charge in [0.1, 0.15) is 5.69 Å². The highest BCUT2D eigenvalue weighted by Gasteiger charge is 2.33. The molecule has 0 radical (unpaired) electrons.